The minimum absolute atomic E-state index is 0.0532. The number of nitrogens with zero attached hydrogens (tertiary/aromatic N) is 6. The maximum absolute atomic E-state index is 12.8. The number of nitrogens with one attached hydrogen (secondary N) is 1. The number of amides is 2. The molecule has 0 saturated carbocycles. The van der Waals surface area contributed by atoms with Gasteiger partial charge in [-0.3, -0.25) is 14.4 Å². The van der Waals surface area contributed by atoms with Crippen molar-refractivity contribution in [1.82, 2.24) is 9.97 Å². The Labute approximate surface area is 483 Å². The Morgan fingerprint density at radius 1 is 0.737 bits per heavy atom. The highest BCUT2D eigenvalue weighted by Gasteiger charge is 2.26. The van der Waals surface area contributed by atoms with E-state index in [1.165, 1.54) is 10.5 Å². The number of hydrogen-bond acceptors (Lipinski definition) is 10. The first kappa shape index (κ1) is 64.8. The third-order valence-corrected chi connectivity index (χ3v) is 12.5. The number of nitrogen functional groups attached to an aromatic ring is 1. The molecule has 12 nitrogen and oxygen atoms in total. The SMILES string of the molecule is CNc1cc(C)cc(Cl)c1.Cc1cc(Cl)cc(CC(=O)OC(C)(C)C)c1.Cc1cc(Cl)cc(N(C)C(=O)C[C@@H]2CCCN(c3cnc(C#N)c(Cl)n3)C2)c1.Cc1cc(Cl)cc(N(C)C(=O)Cl)c1.Cc1cc(N)cc(Cl)c1. The van der Waals surface area contributed by atoms with Gasteiger partial charge in [-0.1, -0.05) is 75.7 Å². The fraction of sp³-hybridized carbons (Fsp3) is 0.333. The number of benzene rings is 5. The van der Waals surface area contributed by atoms with Crippen molar-refractivity contribution in [3.05, 3.63) is 167 Å². The average Bonchev–Trinajstić information content (AvgIpc) is 3.29. The molecule has 7 rings (SSSR count). The Bertz CT molecular complexity index is 2850. The largest absolute Gasteiger partial charge is 0.460 e. The minimum Gasteiger partial charge on any atom is -0.460 e. The number of esters is 1. The van der Waals surface area contributed by atoms with Gasteiger partial charge < -0.3 is 30.5 Å². The molecule has 76 heavy (non-hydrogen) atoms. The molecule has 2 heterocycles. The van der Waals surface area contributed by atoms with Crippen LogP contribution in [0.15, 0.2) is 97.2 Å². The second-order valence-corrected chi connectivity index (χ2v) is 22.0. The zero-order chi connectivity index (χ0) is 57.0. The predicted molar refractivity (Wildman–Crippen MR) is 319 cm³/mol. The van der Waals surface area contributed by atoms with E-state index in [0.717, 1.165) is 69.3 Å². The third kappa shape index (κ3) is 23.8. The van der Waals surface area contributed by atoms with Gasteiger partial charge in [-0.05, 0) is 204 Å². The van der Waals surface area contributed by atoms with Gasteiger partial charge in [-0.15, -0.1) is 0 Å². The summed E-state index contributed by atoms with van der Waals surface area (Å²) in [5, 5.41) is 14.9. The predicted octanol–water partition coefficient (Wildman–Crippen LogP) is 16.1. The van der Waals surface area contributed by atoms with Crippen LogP contribution in [0.5, 0.6) is 0 Å². The van der Waals surface area contributed by atoms with Crippen LogP contribution in [0.4, 0.5) is 33.4 Å². The molecule has 406 valence electrons. The zero-order valence-electron chi connectivity index (χ0n) is 44.6. The minimum atomic E-state index is -0.526. The van der Waals surface area contributed by atoms with E-state index < -0.39 is 11.0 Å². The first-order chi connectivity index (χ1) is 35.5. The molecule has 1 aliphatic rings. The Hall–Kier alpha value is -5.49. The van der Waals surface area contributed by atoms with Gasteiger partial charge >= 0.3 is 11.3 Å². The lowest BCUT2D eigenvalue weighted by atomic mass is 9.94. The summed E-state index contributed by atoms with van der Waals surface area (Å²) in [6.07, 6.45) is 4.20. The number of carbonyl (C=O) groups is 3. The monoisotopic (exact) mass is 1170 g/mol. The quantitative estimate of drug-likeness (QED) is 0.0650. The van der Waals surface area contributed by atoms with Gasteiger partial charge in [0.15, 0.2) is 10.8 Å². The van der Waals surface area contributed by atoms with E-state index in [0.29, 0.717) is 44.6 Å². The second-order valence-electron chi connectivity index (χ2n) is 19.1. The van der Waals surface area contributed by atoms with Crippen LogP contribution in [-0.4, -0.2) is 67.0 Å². The number of nitriles is 1. The van der Waals surface area contributed by atoms with E-state index in [9.17, 15) is 14.4 Å². The standard InChI is InChI=1S/C20H21Cl2N5O.C13H17ClO2.C9H9Cl2NO.C8H10ClN.C7H8ClN/c1-13-6-15(21)9-16(7-13)26(2)19(28)8-14-4-3-5-27(12-14)18-11-24-17(10-23)20(22)25-18;1-9-5-10(7-11(14)6-9)8-12(15)16-13(2,3)4;1-6-3-7(10)5-8(4-6)12(2)9(11)13;1-6-3-7(9)5-8(4-6)10-2;1-5-2-6(8)4-7(9)3-5/h6-7,9,11,14H,3-5,8,12H2,1-2H3;5-7H,8H2,1-4H3;3-5H,1-2H3;3-5,10H,1-2H3;2-4H,9H2,1H3/t14-;;;;/m0..../s1. The Balaban J connectivity index is 0.000000270. The van der Waals surface area contributed by atoms with E-state index in [1.54, 1.807) is 49.5 Å². The van der Waals surface area contributed by atoms with Crippen molar-refractivity contribution < 1.29 is 19.1 Å². The lowest BCUT2D eigenvalue weighted by molar-refractivity contribution is -0.153. The zero-order valence-corrected chi connectivity index (χ0v) is 49.9. The van der Waals surface area contributed by atoms with Crippen molar-refractivity contribution in [2.24, 2.45) is 5.92 Å². The summed E-state index contributed by atoms with van der Waals surface area (Å²) in [6, 6.07) is 29.8. The number of anilines is 5. The van der Waals surface area contributed by atoms with Crippen molar-refractivity contribution in [2.45, 2.75) is 86.7 Å². The molecule has 3 N–H and O–H groups in total. The molecule has 0 radical (unpaired) electrons. The van der Waals surface area contributed by atoms with E-state index in [4.69, 9.17) is 96.9 Å². The molecular formula is C57H65Cl7N8O4. The summed E-state index contributed by atoms with van der Waals surface area (Å²) in [4.78, 5) is 48.6. The summed E-state index contributed by atoms with van der Waals surface area (Å²) in [5.41, 5.74) is 14.7. The molecular weight excluding hydrogens is 1110 g/mol. The third-order valence-electron chi connectivity index (χ3n) is 10.9. The van der Waals surface area contributed by atoms with Crippen molar-refractivity contribution in [2.75, 3.05) is 60.0 Å². The van der Waals surface area contributed by atoms with Crippen LogP contribution < -0.4 is 25.8 Å². The molecule has 5 aromatic carbocycles. The fourth-order valence-electron chi connectivity index (χ4n) is 7.58. The molecule has 1 aromatic heterocycles. The molecule has 1 aliphatic heterocycles. The van der Waals surface area contributed by atoms with Gasteiger partial charge in [-0.25, -0.2) is 9.97 Å². The molecule has 1 saturated heterocycles. The van der Waals surface area contributed by atoms with E-state index in [-0.39, 0.29) is 35.1 Å². The van der Waals surface area contributed by atoms with E-state index in [1.807, 2.05) is 135 Å². The molecule has 0 aliphatic carbocycles. The van der Waals surface area contributed by atoms with Crippen molar-refractivity contribution in [3.63, 3.8) is 0 Å². The Morgan fingerprint density at radius 2 is 1.24 bits per heavy atom. The molecule has 6 aromatic rings. The highest BCUT2D eigenvalue weighted by atomic mass is 35.5. The number of carbonyl (C=O) groups excluding carboxylic acids is 3. The van der Waals surface area contributed by atoms with Gasteiger partial charge in [0.25, 0.3) is 0 Å². The fourth-order valence-corrected chi connectivity index (χ4v) is 9.32. The number of hydrogen-bond donors (Lipinski definition) is 2. The summed E-state index contributed by atoms with van der Waals surface area (Å²) >= 11 is 40.6. The molecule has 2 amide bonds. The molecule has 0 bridgehead atoms. The van der Waals surface area contributed by atoms with E-state index in [2.05, 4.69) is 20.2 Å². The van der Waals surface area contributed by atoms with Crippen LogP contribution in [0.2, 0.25) is 30.3 Å². The van der Waals surface area contributed by atoms with Gasteiger partial charge in [0.1, 0.15) is 17.5 Å². The van der Waals surface area contributed by atoms with Crippen LogP contribution in [0, 0.1) is 51.9 Å². The number of halogens is 7. The van der Waals surface area contributed by atoms with Gasteiger partial charge in [0.05, 0.1) is 12.6 Å². The van der Waals surface area contributed by atoms with Crippen LogP contribution in [0.3, 0.4) is 0 Å². The van der Waals surface area contributed by atoms with Crippen molar-refractivity contribution >= 4 is 127 Å². The topological polar surface area (TPSA) is 158 Å². The number of aromatic nitrogens is 2. The summed E-state index contributed by atoms with van der Waals surface area (Å²) in [7, 11) is 5.26. The van der Waals surface area contributed by atoms with Crippen molar-refractivity contribution in [3.8, 4) is 6.07 Å². The molecule has 1 atom stereocenters. The number of piperidine rings is 1. The molecule has 1 fully saturated rings. The van der Waals surface area contributed by atoms with Crippen LogP contribution in [-0.2, 0) is 20.7 Å². The number of ether oxygens (including phenoxy) is 1. The summed E-state index contributed by atoms with van der Waals surface area (Å²) in [6.45, 7) is 16.9. The Kier molecular flexibility index (Phi) is 26.5. The maximum atomic E-state index is 12.8. The number of rotatable bonds is 8. The first-order valence-corrected chi connectivity index (χ1v) is 26.6. The number of nitrogens with two attached hydrogens (primary N) is 1. The lowest BCUT2D eigenvalue weighted by Gasteiger charge is -2.34. The van der Waals surface area contributed by atoms with Crippen LogP contribution in [0.25, 0.3) is 0 Å². The lowest BCUT2D eigenvalue weighted by Crippen LogP contribution is -2.39. The van der Waals surface area contributed by atoms with Crippen LogP contribution in [0.1, 0.15) is 79.1 Å². The highest BCUT2D eigenvalue weighted by molar-refractivity contribution is 6.66. The average molecular weight is 1170 g/mol. The first-order valence-electron chi connectivity index (χ1n) is 23.9. The van der Waals surface area contributed by atoms with Gasteiger partial charge in [-0.2, -0.15) is 5.26 Å². The molecule has 0 unspecified atom stereocenters. The molecule has 0 spiro atoms. The van der Waals surface area contributed by atoms with E-state index >= 15 is 0 Å². The normalized spacial score (nSPS) is 12.5. The molecule has 19 heteroatoms. The van der Waals surface area contributed by atoms with Crippen LogP contribution >= 0.6 is 81.2 Å². The maximum Gasteiger partial charge on any atom is 0.320 e. The second kappa shape index (κ2) is 31.0. The van der Waals surface area contributed by atoms with Gasteiger partial charge in [0, 0.05) is 88.5 Å². The Morgan fingerprint density at radius 3 is 1.70 bits per heavy atom. The summed E-state index contributed by atoms with van der Waals surface area (Å²) < 4.78 is 5.24. The highest BCUT2D eigenvalue weighted by Crippen LogP contribution is 2.28. The smallest absolute Gasteiger partial charge is 0.320 e. The number of aryl methyl sites for hydroxylation is 5. The summed E-state index contributed by atoms with van der Waals surface area (Å²) in [5.74, 6) is 0.673. The van der Waals surface area contributed by atoms with Crippen molar-refractivity contribution in [1.29, 1.82) is 5.26 Å². The van der Waals surface area contributed by atoms with Gasteiger partial charge in [0.2, 0.25) is 5.91 Å².